The molecule has 0 saturated carbocycles. The maximum Gasteiger partial charge on any atom is 0.274 e. The van der Waals surface area contributed by atoms with E-state index in [9.17, 15) is 4.79 Å². The molecule has 3 rings (SSSR count). The third kappa shape index (κ3) is 4.10. The average Bonchev–Trinajstić information content (AvgIpc) is 3.17. The van der Waals surface area contributed by atoms with Gasteiger partial charge in [0.1, 0.15) is 5.69 Å². The van der Waals surface area contributed by atoms with E-state index in [1.165, 1.54) is 0 Å². The van der Waals surface area contributed by atoms with Crippen LogP contribution in [0.2, 0.25) is 0 Å². The van der Waals surface area contributed by atoms with Crippen molar-refractivity contribution in [1.29, 1.82) is 0 Å². The molecule has 1 aliphatic heterocycles. The maximum atomic E-state index is 12.5. The number of rotatable bonds is 4. The van der Waals surface area contributed by atoms with Crippen molar-refractivity contribution >= 4 is 29.7 Å². The second-order valence-corrected chi connectivity index (χ2v) is 6.64. The van der Waals surface area contributed by atoms with Gasteiger partial charge in [-0.15, -0.1) is 23.7 Å². The van der Waals surface area contributed by atoms with E-state index in [0.717, 1.165) is 36.5 Å². The number of halogens is 1. The molecule has 0 bridgehead atoms. The van der Waals surface area contributed by atoms with Crippen LogP contribution in [0.4, 0.5) is 0 Å². The molecular weight excluding hydrogens is 334 g/mol. The number of carbonyl (C=O) groups is 1. The van der Waals surface area contributed by atoms with E-state index >= 15 is 0 Å². The van der Waals surface area contributed by atoms with Gasteiger partial charge in [-0.2, -0.15) is 5.10 Å². The van der Waals surface area contributed by atoms with Crippen LogP contribution in [0, 0.1) is 6.92 Å². The lowest BCUT2D eigenvalue weighted by atomic mass is 10.1. The number of thiazole rings is 1. The van der Waals surface area contributed by atoms with Crippen LogP contribution in [0.3, 0.4) is 0 Å². The molecule has 1 unspecified atom stereocenters. The van der Waals surface area contributed by atoms with Crippen LogP contribution < -0.4 is 5.32 Å². The summed E-state index contributed by atoms with van der Waals surface area (Å²) in [5.41, 5.74) is 3.31. The Bertz CT molecular complexity index is 650. The zero-order valence-electron chi connectivity index (χ0n) is 13.4. The van der Waals surface area contributed by atoms with Gasteiger partial charge in [-0.05, 0) is 32.4 Å². The van der Waals surface area contributed by atoms with Gasteiger partial charge >= 0.3 is 0 Å². The van der Waals surface area contributed by atoms with E-state index in [1.807, 2.05) is 36.4 Å². The molecule has 3 heterocycles. The lowest BCUT2D eigenvalue weighted by Crippen LogP contribution is -2.32. The largest absolute Gasteiger partial charge is 0.335 e. The SMILES string of the molecule is Cc1ncsc1CN(C)C(=O)c1ccn(C2CCCNC2)n1.Cl. The highest BCUT2D eigenvalue weighted by atomic mass is 35.5. The first kappa shape index (κ1) is 17.9. The normalized spacial score (nSPS) is 17.6. The van der Waals surface area contributed by atoms with Gasteiger partial charge < -0.3 is 10.2 Å². The number of hydrogen-bond donors (Lipinski definition) is 1. The van der Waals surface area contributed by atoms with Crippen LogP contribution in [-0.2, 0) is 6.54 Å². The third-order valence-electron chi connectivity index (χ3n) is 4.04. The van der Waals surface area contributed by atoms with Crippen LogP contribution in [0.25, 0.3) is 0 Å². The molecule has 6 nitrogen and oxygen atoms in total. The van der Waals surface area contributed by atoms with Crippen molar-refractivity contribution in [3.63, 3.8) is 0 Å². The average molecular weight is 356 g/mol. The molecule has 23 heavy (non-hydrogen) atoms. The lowest BCUT2D eigenvalue weighted by Gasteiger charge is -2.23. The molecule has 1 fully saturated rings. The second kappa shape index (κ2) is 7.90. The number of nitrogens with one attached hydrogen (secondary N) is 1. The Morgan fingerprint density at radius 1 is 1.57 bits per heavy atom. The molecule has 126 valence electrons. The Labute approximate surface area is 146 Å². The zero-order chi connectivity index (χ0) is 15.5. The summed E-state index contributed by atoms with van der Waals surface area (Å²) in [5.74, 6) is -0.0460. The van der Waals surface area contributed by atoms with Gasteiger partial charge in [0, 0.05) is 24.7 Å². The quantitative estimate of drug-likeness (QED) is 0.913. The Hall–Kier alpha value is -1.44. The fourth-order valence-electron chi connectivity index (χ4n) is 2.68. The molecule has 0 aromatic carbocycles. The highest BCUT2D eigenvalue weighted by molar-refractivity contribution is 7.09. The van der Waals surface area contributed by atoms with Crippen LogP contribution in [0.5, 0.6) is 0 Å². The van der Waals surface area contributed by atoms with Crippen molar-refractivity contribution in [2.75, 3.05) is 20.1 Å². The first-order valence-electron chi connectivity index (χ1n) is 7.55. The van der Waals surface area contributed by atoms with Crippen LogP contribution >= 0.6 is 23.7 Å². The van der Waals surface area contributed by atoms with E-state index in [-0.39, 0.29) is 18.3 Å². The molecule has 2 aromatic heterocycles. The summed E-state index contributed by atoms with van der Waals surface area (Å²) in [6.07, 6.45) is 4.17. The molecule has 1 aliphatic rings. The smallest absolute Gasteiger partial charge is 0.274 e. The van der Waals surface area contributed by atoms with Crippen LogP contribution in [-0.4, -0.2) is 45.7 Å². The Kier molecular flexibility index (Phi) is 6.15. The van der Waals surface area contributed by atoms with Gasteiger partial charge in [0.2, 0.25) is 0 Å². The molecule has 0 aliphatic carbocycles. The van der Waals surface area contributed by atoms with E-state index in [2.05, 4.69) is 15.4 Å². The number of amides is 1. The van der Waals surface area contributed by atoms with Gasteiger partial charge in [-0.1, -0.05) is 0 Å². The summed E-state index contributed by atoms with van der Waals surface area (Å²) in [6, 6.07) is 2.16. The van der Waals surface area contributed by atoms with Crippen molar-refractivity contribution in [3.8, 4) is 0 Å². The number of piperidine rings is 1. The number of aryl methyl sites for hydroxylation is 1. The summed E-state index contributed by atoms with van der Waals surface area (Å²) in [5, 5.41) is 7.85. The second-order valence-electron chi connectivity index (χ2n) is 5.70. The summed E-state index contributed by atoms with van der Waals surface area (Å²) < 4.78 is 1.92. The fourth-order valence-corrected chi connectivity index (χ4v) is 3.50. The molecular formula is C15H22ClN5OS. The van der Waals surface area contributed by atoms with Crippen LogP contribution in [0.1, 0.15) is 39.9 Å². The number of carbonyl (C=O) groups excluding carboxylic acids is 1. The summed E-state index contributed by atoms with van der Waals surface area (Å²) in [6.45, 7) is 4.54. The number of aromatic nitrogens is 3. The minimum Gasteiger partial charge on any atom is -0.335 e. The monoisotopic (exact) mass is 355 g/mol. The lowest BCUT2D eigenvalue weighted by molar-refractivity contribution is 0.0779. The van der Waals surface area contributed by atoms with Gasteiger partial charge in [0.05, 0.1) is 23.8 Å². The highest BCUT2D eigenvalue weighted by Gasteiger charge is 2.20. The maximum absolute atomic E-state index is 12.5. The molecule has 1 amide bonds. The summed E-state index contributed by atoms with van der Waals surface area (Å²) >= 11 is 1.58. The molecule has 2 aromatic rings. The van der Waals surface area contributed by atoms with Gasteiger partial charge in [0.25, 0.3) is 5.91 Å². The first-order chi connectivity index (χ1) is 10.6. The van der Waals surface area contributed by atoms with Crippen molar-refractivity contribution < 1.29 is 4.79 Å². The van der Waals surface area contributed by atoms with Crippen molar-refractivity contribution in [1.82, 2.24) is 25.0 Å². The van der Waals surface area contributed by atoms with E-state index in [1.54, 1.807) is 16.2 Å². The summed E-state index contributed by atoms with van der Waals surface area (Å²) in [4.78, 5) is 19.5. The molecule has 1 atom stereocenters. The van der Waals surface area contributed by atoms with Gasteiger partial charge in [0.15, 0.2) is 0 Å². The van der Waals surface area contributed by atoms with Crippen molar-refractivity contribution in [3.05, 3.63) is 34.0 Å². The molecule has 0 spiro atoms. The Morgan fingerprint density at radius 3 is 3.04 bits per heavy atom. The molecule has 0 radical (unpaired) electrons. The predicted molar refractivity (Wildman–Crippen MR) is 93.3 cm³/mol. The number of hydrogen-bond acceptors (Lipinski definition) is 5. The minimum atomic E-state index is -0.0460. The zero-order valence-corrected chi connectivity index (χ0v) is 15.0. The topological polar surface area (TPSA) is 63.1 Å². The Morgan fingerprint density at radius 2 is 2.39 bits per heavy atom. The molecule has 1 saturated heterocycles. The fraction of sp³-hybridized carbons (Fsp3) is 0.533. The number of nitrogens with zero attached hydrogens (tertiary/aromatic N) is 4. The van der Waals surface area contributed by atoms with E-state index < -0.39 is 0 Å². The van der Waals surface area contributed by atoms with E-state index in [0.29, 0.717) is 18.3 Å². The van der Waals surface area contributed by atoms with Crippen molar-refractivity contribution in [2.45, 2.75) is 32.4 Å². The summed E-state index contributed by atoms with van der Waals surface area (Å²) in [7, 11) is 1.81. The Balaban J connectivity index is 0.00000192. The first-order valence-corrected chi connectivity index (χ1v) is 8.43. The van der Waals surface area contributed by atoms with Gasteiger partial charge in [-0.3, -0.25) is 9.48 Å². The van der Waals surface area contributed by atoms with Crippen LogP contribution in [0.15, 0.2) is 17.8 Å². The van der Waals surface area contributed by atoms with E-state index in [4.69, 9.17) is 0 Å². The predicted octanol–water partition coefficient (Wildman–Crippen LogP) is 2.27. The van der Waals surface area contributed by atoms with Crippen molar-refractivity contribution in [2.24, 2.45) is 0 Å². The molecule has 1 N–H and O–H groups in total. The standard InChI is InChI=1S/C15H21N5OS.ClH/c1-11-14(22-10-17-11)9-19(2)15(21)13-5-7-20(18-13)12-4-3-6-16-8-12;/h5,7,10,12,16H,3-4,6,8-9H2,1-2H3;1H. The van der Waals surface area contributed by atoms with Gasteiger partial charge in [-0.25, -0.2) is 4.98 Å². The minimum absolute atomic E-state index is 0. The highest BCUT2D eigenvalue weighted by Crippen LogP contribution is 2.18. The third-order valence-corrected chi connectivity index (χ3v) is 4.96. The molecule has 8 heteroatoms.